The third kappa shape index (κ3) is 5.00. The van der Waals surface area contributed by atoms with E-state index >= 15 is 0 Å². The Labute approximate surface area is 137 Å². The molecule has 3 N–H and O–H groups in total. The third-order valence-electron chi connectivity index (χ3n) is 3.78. The van der Waals surface area contributed by atoms with Crippen LogP contribution in [0.5, 0.6) is 0 Å². The summed E-state index contributed by atoms with van der Waals surface area (Å²) in [5.74, 6) is -0.0618. The Balaban J connectivity index is 0.00000242. The Bertz CT molecular complexity index is 482. The van der Waals surface area contributed by atoms with Crippen molar-refractivity contribution in [2.45, 2.75) is 19.3 Å². The van der Waals surface area contributed by atoms with Gasteiger partial charge in [0.05, 0.1) is 5.92 Å². The van der Waals surface area contributed by atoms with E-state index in [2.05, 4.69) is 5.32 Å². The van der Waals surface area contributed by atoms with E-state index in [4.69, 9.17) is 5.73 Å². The van der Waals surface area contributed by atoms with E-state index in [0.29, 0.717) is 25.2 Å². The van der Waals surface area contributed by atoms with E-state index in [0.717, 1.165) is 25.8 Å². The van der Waals surface area contributed by atoms with Crippen LogP contribution in [-0.4, -0.2) is 42.9 Å². The first-order chi connectivity index (χ1) is 10.2. The molecule has 1 atom stereocenters. The molecule has 6 heteroatoms. The van der Waals surface area contributed by atoms with Crippen LogP contribution in [0.1, 0.15) is 29.6 Å². The maximum atomic E-state index is 12.4. The predicted molar refractivity (Wildman–Crippen MR) is 89.0 cm³/mol. The lowest BCUT2D eigenvalue weighted by Gasteiger charge is -2.32. The number of hydrogen-bond donors (Lipinski definition) is 2. The highest BCUT2D eigenvalue weighted by Crippen LogP contribution is 2.18. The Kier molecular flexibility index (Phi) is 7.91. The van der Waals surface area contributed by atoms with Gasteiger partial charge >= 0.3 is 0 Å². The summed E-state index contributed by atoms with van der Waals surface area (Å²) >= 11 is 0. The first kappa shape index (κ1) is 18.5. The zero-order chi connectivity index (χ0) is 15.1. The van der Waals surface area contributed by atoms with Crippen LogP contribution in [-0.2, 0) is 4.79 Å². The van der Waals surface area contributed by atoms with Gasteiger partial charge in [0.1, 0.15) is 0 Å². The van der Waals surface area contributed by atoms with Gasteiger partial charge in [0.2, 0.25) is 5.91 Å². The molecule has 1 aliphatic rings. The summed E-state index contributed by atoms with van der Waals surface area (Å²) in [6.45, 7) is 2.41. The van der Waals surface area contributed by atoms with Gasteiger partial charge in [0, 0.05) is 25.2 Å². The van der Waals surface area contributed by atoms with E-state index < -0.39 is 0 Å². The van der Waals surface area contributed by atoms with E-state index in [-0.39, 0.29) is 30.1 Å². The fourth-order valence-electron chi connectivity index (χ4n) is 2.60. The van der Waals surface area contributed by atoms with Gasteiger partial charge in [-0.3, -0.25) is 9.59 Å². The van der Waals surface area contributed by atoms with Crippen LogP contribution < -0.4 is 11.1 Å². The van der Waals surface area contributed by atoms with Crippen LogP contribution in [0, 0.1) is 5.92 Å². The summed E-state index contributed by atoms with van der Waals surface area (Å²) < 4.78 is 0. The second kappa shape index (κ2) is 9.43. The van der Waals surface area contributed by atoms with E-state index in [9.17, 15) is 9.59 Å². The molecule has 0 aliphatic carbocycles. The quantitative estimate of drug-likeness (QED) is 0.804. The molecule has 0 radical (unpaired) electrons. The van der Waals surface area contributed by atoms with Gasteiger partial charge in [0.15, 0.2) is 0 Å². The van der Waals surface area contributed by atoms with Crippen LogP contribution >= 0.6 is 12.4 Å². The zero-order valence-electron chi connectivity index (χ0n) is 12.7. The molecule has 0 aromatic heterocycles. The van der Waals surface area contributed by atoms with E-state index in [1.54, 1.807) is 4.90 Å². The number of amides is 2. The van der Waals surface area contributed by atoms with Gasteiger partial charge in [-0.15, -0.1) is 12.4 Å². The molecule has 1 aromatic rings. The zero-order valence-corrected chi connectivity index (χ0v) is 13.5. The molecule has 0 saturated carbocycles. The molecule has 1 aromatic carbocycles. The van der Waals surface area contributed by atoms with Gasteiger partial charge in [-0.25, -0.2) is 0 Å². The van der Waals surface area contributed by atoms with Gasteiger partial charge in [0.25, 0.3) is 5.91 Å². The summed E-state index contributed by atoms with van der Waals surface area (Å²) in [5, 5.41) is 2.90. The third-order valence-corrected chi connectivity index (χ3v) is 3.78. The Hall–Kier alpha value is -1.59. The fraction of sp³-hybridized carbons (Fsp3) is 0.500. The SMILES string of the molecule is Cl.NCCCNC(=O)C1CCCN(C(=O)c2ccccc2)C1. The Morgan fingerprint density at radius 3 is 2.68 bits per heavy atom. The Morgan fingerprint density at radius 2 is 2.00 bits per heavy atom. The molecule has 22 heavy (non-hydrogen) atoms. The minimum absolute atomic E-state index is 0. The first-order valence-corrected chi connectivity index (χ1v) is 7.54. The highest BCUT2D eigenvalue weighted by Gasteiger charge is 2.28. The van der Waals surface area contributed by atoms with Crippen LogP contribution in [0.2, 0.25) is 0 Å². The van der Waals surface area contributed by atoms with Crippen molar-refractivity contribution in [3.05, 3.63) is 35.9 Å². The molecular weight excluding hydrogens is 302 g/mol. The van der Waals surface area contributed by atoms with Crippen molar-refractivity contribution in [1.29, 1.82) is 0 Å². The number of hydrogen-bond acceptors (Lipinski definition) is 3. The number of likely N-dealkylation sites (tertiary alicyclic amines) is 1. The molecular formula is C16H24ClN3O2. The molecule has 2 amide bonds. The van der Waals surface area contributed by atoms with Crippen molar-refractivity contribution in [2.24, 2.45) is 11.7 Å². The number of nitrogens with zero attached hydrogens (tertiary/aromatic N) is 1. The average molecular weight is 326 g/mol. The predicted octanol–water partition coefficient (Wildman–Crippen LogP) is 1.43. The minimum atomic E-state index is -0.107. The van der Waals surface area contributed by atoms with Crippen molar-refractivity contribution >= 4 is 24.2 Å². The number of nitrogens with two attached hydrogens (primary N) is 1. The monoisotopic (exact) mass is 325 g/mol. The van der Waals surface area contributed by atoms with Crippen LogP contribution in [0.4, 0.5) is 0 Å². The summed E-state index contributed by atoms with van der Waals surface area (Å²) in [6, 6.07) is 9.23. The highest BCUT2D eigenvalue weighted by atomic mass is 35.5. The minimum Gasteiger partial charge on any atom is -0.356 e. The lowest BCUT2D eigenvalue weighted by Crippen LogP contribution is -2.45. The standard InChI is InChI=1S/C16H23N3O2.ClH/c17-9-5-10-18-15(20)14-8-4-11-19(12-14)16(21)13-6-2-1-3-7-13;/h1-3,6-7,14H,4-5,8-12,17H2,(H,18,20);1H. The topological polar surface area (TPSA) is 75.4 Å². The van der Waals surface area contributed by atoms with Gasteiger partial charge in [-0.2, -0.15) is 0 Å². The van der Waals surface area contributed by atoms with Gasteiger partial charge < -0.3 is 16.0 Å². The van der Waals surface area contributed by atoms with Crippen molar-refractivity contribution in [3.63, 3.8) is 0 Å². The van der Waals surface area contributed by atoms with Gasteiger partial charge in [-0.1, -0.05) is 18.2 Å². The molecule has 0 spiro atoms. The number of carbonyl (C=O) groups is 2. The average Bonchev–Trinajstić information content (AvgIpc) is 2.55. The summed E-state index contributed by atoms with van der Waals surface area (Å²) in [6.07, 6.45) is 2.49. The summed E-state index contributed by atoms with van der Waals surface area (Å²) in [4.78, 5) is 26.3. The number of piperidine rings is 1. The molecule has 1 saturated heterocycles. The maximum absolute atomic E-state index is 12.4. The smallest absolute Gasteiger partial charge is 0.253 e. The fourth-order valence-corrected chi connectivity index (χ4v) is 2.60. The molecule has 5 nitrogen and oxygen atoms in total. The van der Waals surface area contributed by atoms with Crippen molar-refractivity contribution < 1.29 is 9.59 Å². The van der Waals surface area contributed by atoms with Crippen molar-refractivity contribution in [2.75, 3.05) is 26.2 Å². The number of nitrogens with one attached hydrogen (secondary N) is 1. The lowest BCUT2D eigenvalue weighted by atomic mass is 9.96. The molecule has 122 valence electrons. The number of halogens is 1. The molecule has 1 heterocycles. The second-order valence-electron chi connectivity index (χ2n) is 5.39. The number of carbonyl (C=O) groups excluding carboxylic acids is 2. The number of benzene rings is 1. The van der Waals surface area contributed by atoms with Crippen molar-refractivity contribution in [1.82, 2.24) is 10.2 Å². The lowest BCUT2D eigenvalue weighted by molar-refractivity contribution is -0.126. The van der Waals surface area contributed by atoms with Gasteiger partial charge in [-0.05, 0) is 37.9 Å². The summed E-state index contributed by atoms with van der Waals surface area (Å²) in [5.41, 5.74) is 6.10. The molecule has 1 fully saturated rings. The molecule has 2 rings (SSSR count). The molecule has 1 unspecified atom stereocenters. The first-order valence-electron chi connectivity index (χ1n) is 7.54. The maximum Gasteiger partial charge on any atom is 0.253 e. The van der Waals surface area contributed by atoms with Crippen LogP contribution in [0.3, 0.4) is 0 Å². The molecule has 1 aliphatic heterocycles. The number of rotatable bonds is 5. The van der Waals surface area contributed by atoms with E-state index in [1.807, 2.05) is 30.3 Å². The highest BCUT2D eigenvalue weighted by molar-refractivity contribution is 5.94. The largest absolute Gasteiger partial charge is 0.356 e. The Morgan fingerprint density at radius 1 is 1.27 bits per heavy atom. The molecule has 0 bridgehead atoms. The summed E-state index contributed by atoms with van der Waals surface area (Å²) in [7, 11) is 0. The van der Waals surface area contributed by atoms with Crippen LogP contribution in [0.25, 0.3) is 0 Å². The van der Waals surface area contributed by atoms with Crippen LogP contribution in [0.15, 0.2) is 30.3 Å². The normalized spacial score (nSPS) is 17.5. The second-order valence-corrected chi connectivity index (χ2v) is 5.39. The van der Waals surface area contributed by atoms with Crippen molar-refractivity contribution in [3.8, 4) is 0 Å². The van der Waals surface area contributed by atoms with E-state index in [1.165, 1.54) is 0 Å².